The van der Waals surface area contributed by atoms with Gasteiger partial charge >= 0.3 is 0 Å². The van der Waals surface area contributed by atoms with Gasteiger partial charge in [-0.2, -0.15) is 0 Å². The lowest BCUT2D eigenvalue weighted by Crippen LogP contribution is -1.98. The fourth-order valence-electron chi connectivity index (χ4n) is 2.51. The number of rotatable bonds is 6. The maximum atomic E-state index is 6.35. The molecule has 2 aliphatic rings. The van der Waals surface area contributed by atoms with Crippen LogP contribution in [0.15, 0.2) is 10.8 Å². The van der Waals surface area contributed by atoms with Gasteiger partial charge in [-0.3, -0.25) is 0 Å². The van der Waals surface area contributed by atoms with Crippen LogP contribution in [0, 0.1) is 13.8 Å². The molecule has 0 amide bonds. The van der Waals surface area contributed by atoms with Gasteiger partial charge in [0, 0.05) is 33.7 Å². The molecule has 112 valence electrons. The molecule has 0 N–H and O–H groups in total. The zero-order chi connectivity index (χ0) is 14.4. The zero-order valence-electron chi connectivity index (χ0n) is 12.2. The minimum absolute atomic E-state index is 0.393. The molecular formula is C16H18O3S2. The summed E-state index contributed by atoms with van der Waals surface area (Å²) >= 11 is 3.52. The van der Waals surface area contributed by atoms with Gasteiger partial charge in [0.05, 0.1) is 25.4 Å². The molecule has 4 rings (SSSR count). The smallest absolute Gasteiger partial charge is 0.144 e. The minimum atomic E-state index is 0.393. The predicted molar refractivity (Wildman–Crippen MR) is 85.1 cm³/mol. The first-order valence-electron chi connectivity index (χ1n) is 7.25. The molecule has 0 aliphatic carbocycles. The van der Waals surface area contributed by atoms with E-state index in [-0.39, 0.29) is 0 Å². The molecule has 0 saturated carbocycles. The number of aryl methyl sites for hydroxylation is 2. The first kappa shape index (κ1) is 13.8. The van der Waals surface area contributed by atoms with Crippen molar-refractivity contribution in [1.29, 1.82) is 0 Å². The van der Waals surface area contributed by atoms with Gasteiger partial charge in [-0.05, 0) is 24.6 Å². The van der Waals surface area contributed by atoms with Crippen LogP contribution in [0.25, 0.3) is 0 Å². The number of epoxide rings is 2. The van der Waals surface area contributed by atoms with E-state index in [9.17, 15) is 0 Å². The molecule has 2 aliphatic heterocycles. The third-order valence-electron chi connectivity index (χ3n) is 3.88. The van der Waals surface area contributed by atoms with Gasteiger partial charge in [-0.25, -0.2) is 0 Å². The molecule has 2 atom stereocenters. The van der Waals surface area contributed by atoms with Crippen LogP contribution in [-0.4, -0.2) is 25.4 Å². The SMILES string of the molecule is Cc1scc(C[C@H]2CO2)c1Oc1c(C[C@H]2CO2)csc1C. The number of thiophene rings is 2. The molecule has 2 aromatic heterocycles. The standard InChI is InChI=1S/C16H18O3S2/c1-9-15(11(7-20-9)3-13-5-17-13)19-16-10(2)21-8-12(16)4-14-6-18-14/h7-8,13-14H,3-6H2,1-2H3/t13-,14-/m0/s1. The summed E-state index contributed by atoms with van der Waals surface area (Å²) in [7, 11) is 0. The maximum Gasteiger partial charge on any atom is 0.144 e. The van der Waals surface area contributed by atoms with E-state index in [1.54, 1.807) is 22.7 Å². The minimum Gasteiger partial charge on any atom is -0.454 e. The quantitative estimate of drug-likeness (QED) is 0.751. The highest BCUT2D eigenvalue weighted by atomic mass is 32.1. The van der Waals surface area contributed by atoms with E-state index in [0.29, 0.717) is 12.2 Å². The summed E-state index contributed by atoms with van der Waals surface area (Å²) in [4.78, 5) is 2.48. The Morgan fingerprint density at radius 3 is 1.76 bits per heavy atom. The Hall–Kier alpha value is -0.880. The van der Waals surface area contributed by atoms with Gasteiger partial charge in [-0.1, -0.05) is 0 Å². The highest BCUT2D eigenvalue weighted by Crippen LogP contribution is 2.41. The summed E-state index contributed by atoms with van der Waals surface area (Å²) in [6.07, 6.45) is 2.71. The number of hydrogen-bond acceptors (Lipinski definition) is 5. The number of ether oxygens (including phenoxy) is 3. The van der Waals surface area contributed by atoms with Gasteiger partial charge in [0.2, 0.25) is 0 Å². The summed E-state index contributed by atoms with van der Waals surface area (Å²) < 4.78 is 17.1. The van der Waals surface area contributed by atoms with Crippen molar-refractivity contribution in [2.75, 3.05) is 13.2 Å². The van der Waals surface area contributed by atoms with Crippen LogP contribution in [0.2, 0.25) is 0 Å². The highest BCUT2D eigenvalue weighted by Gasteiger charge is 2.28. The first-order valence-corrected chi connectivity index (χ1v) is 9.01. The summed E-state index contributed by atoms with van der Waals surface area (Å²) in [5.41, 5.74) is 2.55. The maximum absolute atomic E-state index is 6.35. The van der Waals surface area contributed by atoms with Crippen molar-refractivity contribution < 1.29 is 14.2 Å². The van der Waals surface area contributed by atoms with Crippen LogP contribution in [0.1, 0.15) is 20.9 Å². The second-order valence-corrected chi connectivity index (χ2v) is 7.88. The fourth-order valence-corrected chi connectivity index (χ4v) is 4.11. The number of hydrogen-bond donors (Lipinski definition) is 0. The van der Waals surface area contributed by atoms with Crippen molar-refractivity contribution >= 4 is 22.7 Å². The lowest BCUT2D eigenvalue weighted by Gasteiger charge is -2.10. The van der Waals surface area contributed by atoms with Crippen molar-refractivity contribution in [3.63, 3.8) is 0 Å². The highest BCUT2D eigenvalue weighted by molar-refractivity contribution is 7.10. The molecule has 0 radical (unpaired) electrons. The molecule has 4 heterocycles. The Morgan fingerprint density at radius 2 is 1.38 bits per heavy atom. The van der Waals surface area contributed by atoms with E-state index >= 15 is 0 Å². The third kappa shape index (κ3) is 3.01. The molecule has 0 spiro atoms. The van der Waals surface area contributed by atoms with E-state index in [2.05, 4.69) is 24.6 Å². The van der Waals surface area contributed by atoms with E-state index in [1.807, 2.05) is 0 Å². The zero-order valence-corrected chi connectivity index (χ0v) is 13.8. The van der Waals surface area contributed by atoms with E-state index in [4.69, 9.17) is 14.2 Å². The second kappa shape index (κ2) is 5.39. The van der Waals surface area contributed by atoms with Gasteiger partial charge in [0.1, 0.15) is 11.5 Å². The molecule has 0 aromatic carbocycles. The lowest BCUT2D eigenvalue weighted by atomic mass is 10.1. The van der Waals surface area contributed by atoms with E-state index < -0.39 is 0 Å². The average molecular weight is 322 g/mol. The summed E-state index contributed by atoms with van der Waals surface area (Å²) in [6.45, 7) is 6.03. The second-order valence-electron chi connectivity index (χ2n) is 5.71. The van der Waals surface area contributed by atoms with Crippen molar-refractivity contribution in [3.05, 3.63) is 31.6 Å². The summed E-state index contributed by atoms with van der Waals surface area (Å²) in [6, 6.07) is 0. The van der Waals surface area contributed by atoms with Crippen LogP contribution in [0.5, 0.6) is 11.5 Å². The van der Waals surface area contributed by atoms with Crippen LogP contribution in [0.3, 0.4) is 0 Å². The molecule has 3 nitrogen and oxygen atoms in total. The molecule has 0 bridgehead atoms. The van der Waals surface area contributed by atoms with Gasteiger partial charge in [0.25, 0.3) is 0 Å². The van der Waals surface area contributed by atoms with Crippen LogP contribution in [-0.2, 0) is 22.3 Å². The molecule has 2 aromatic rings. The molecule has 2 fully saturated rings. The topological polar surface area (TPSA) is 34.3 Å². The van der Waals surface area contributed by atoms with Crippen LogP contribution >= 0.6 is 22.7 Å². The Bertz CT molecular complexity index is 594. The van der Waals surface area contributed by atoms with Crippen molar-refractivity contribution in [3.8, 4) is 11.5 Å². The Balaban J connectivity index is 1.59. The lowest BCUT2D eigenvalue weighted by molar-refractivity contribution is 0.399. The normalized spacial score (nSPS) is 23.3. The monoisotopic (exact) mass is 322 g/mol. The first-order chi connectivity index (χ1) is 10.2. The van der Waals surface area contributed by atoms with Gasteiger partial charge in [0.15, 0.2) is 0 Å². The Morgan fingerprint density at radius 1 is 0.952 bits per heavy atom. The van der Waals surface area contributed by atoms with Crippen LogP contribution in [0.4, 0.5) is 0 Å². The third-order valence-corrected chi connectivity index (χ3v) is 5.77. The predicted octanol–water partition coefficient (Wildman–Crippen LogP) is 4.10. The van der Waals surface area contributed by atoms with Crippen LogP contribution < -0.4 is 4.74 Å². The molecule has 2 saturated heterocycles. The molecular weight excluding hydrogens is 304 g/mol. The molecule has 5 heteroatoms. The Labute approximate surface area is 132 Å². The average Bonchev–Trinajstić information content (AvgIpc) is 3.36. The summed E-state index contributed by atoms with van der Waals surface area (Å²) in [5.74, 6) is 2.07. The van der Waals surface area contributed by atoms with Crippen molar-refractivity contribution in [2.24, 2.45) is 0 Å². The van der Waals surface area contributed by atoms with Crippen molar-refractivity contribution in [1.82, 2.24) is 0 Å². The summed E-state index contributed by atoms with van der Waals surface area (Å²) in [5, 5.41) is 4.41. The van der Waals surface area contributed by atoms with Crippen molar-refractivity contribution in [2.45, 2.75) is 38.9 Å². The van der Waals surface area contributed by atoms with Gasteiger partial charge < -0.3 is 14.2 Å². The fraction of sp³-hybridized carbons (Fsp3) is 0.500. The largest absolute Gasteiger partial charge is 0.454 e. The Kier molecular flexibility index (Phi) is 3.53. The molecule has 21 heavy (non-hydrogen) atoms. The van der Waals surface area contributed by atoms with Gasteiger partial charge in [-0.15, -0.1) is 22.7 Å². The van der Waals surface area contributed by atoms with E-state index in [1.165, 1.54) is 20.9 Å². The van der Waals surface area contributed by atoms with E-state index in [0.717, 1.165) is 37.6 Å². The molecule has 0 unspecified atom stereocenters.